The second kappa shape index (κ2) is 5.66. The van der Waals surface area contributed by atoms with Gasteiger partial charge in [0.15, 0.2) is 0 Å². The van der Waals surface area contributed by atoms with Crippen LogP contribution in [0.1, 0.15) is 48.0 Å². The zero-order valence-electron chi connectivity index (χ0n) is 12.3. The highest BCUT2D eigenvalue weighted by molar-refractivity contribution is 7.09. The molecule has 1 heterocycles. The summed E-state index contributed by atoms with van der Waals surface area (Å²) < 4.78 is 0. The highest BCUT2D eigenvalue weighted by Gasteiger charge is 2.38. The van der Waals surface area contributed by atoms with Gasteiger partial charge in [0.05, 0.1) is 5.54 Å². The van der Waals surface area contributed by atoms with E-state index in [9.17, 15) is 0 Å². The number of aromatic nitrogens is 1. The molecule has 0 fully saturated rings. The Labute approximate surface area is 125 Å². The molecule has 0 radical (unpaired) electrons. The van der Waals surface area contributed by atoms with Crippen LogP contribution in [0, 0.1) is 6.92 Å². The van der Waals surface area contributed by atoms with Gasteiger partial charge >= 0.3 is 0 Å². The Morgan fingerprint density at radius 1 is 1.30 bits per heavy atom. The molecule has 106 valence electrons. The Hall–Kier alpha value is -1.19. The molecule has 0 bridgehead atoms. The molecule has 1 aliphatic carbocycles. The van der Waals surface area contributed by atoms with Crippen LogP contribution in [0.15, 0.2) is 29.6 Å². The summed E-state index contributed by atoms with van der Waals surface area (Å²) in [6, 6.07) is 8.90. The van der Waals surface area contributed by atoms with Gasteiger partial charge in [-0.2, -0.15) is 0 Å². The molecule has 0 aliphatic heterocycles. The standard InChI is InChI=1S/C17H22N2S/c1-3-18-17(16-19-13(2)12-20-16)11-7-6-9-14-8-4-5-10-15(14)17/h4-5,8,10,12,18H,3,6-7,9,11H2,1-2H3. The van der Waals surface area contributed by atoms with Crippen molar-refractivity contribution in [3.8, 4) is 0 Å². The van der Waals surface area contributed by atoms with E-state index in [1.165, 1.54) is 35.4 Å². The lowest BCUT2D eigenvalue weighted by molar-refractivity contribution is 0.374. The maximum atomic E-state index is 4.82. The minimum absolute atomic E-state index is 0.0826. The minimum atomic E-state index is -0.0826. The summed E-state index contributed by atoms with van der Waals surface area (Å²) >= 11 is 1.79. The van der Waals surface area contributed by atoms with E-state index in [0.717, 1.165) is 18.7 Å². The van der Waals surface area contributed by atoms with Crippen molar-refractivity contribution >= 4 is 11.3 Å². The molecule has 2 aromatic rings. The van der Waals surface area contributed by atoms with Crippen molar-refractivity contribution in [2.24, 2.45) is 0 Å². The first-order valence-corrected chi connectivity index (χ1v) is 8.40. The predicted molar refractivity (Wildman–Crippen MR) is 85.3 cm³/mol. The second-order valence-electron chi connectivity index (χ2n) is 5.59. The van der Waals surface area contributed by atoms with Gasteiger partial charge in [-0.15, -0.1) is 11.3 Å². The highest BCUT2D eigenvalue weighted by Crippen LogP contribution is 2.40. The summed E-state index contributed by atoms with van der Waals surface area (Å²) in [6.07, 6.45) is 4.85. The van der Waals surface area contributed by atoms with E-state index in [-0.39, 0.29) is 5.54 Å². The Bertz CT molecular complexity index is 590. The van der Waals surface area contributed by atoms with Crippen molar-refractivity contribution in [2.75, 3.05) is 6.54 Å². The van der Waals surface area contributed by atoms with Gasteiger partial charge in [-0.3, -0.25) is 0 Å². The first kappa shape index (κ1) is 13.8. The quantitative estimate of drug-likeness (QED) is 0.862. The van der Waals surface area contributed by atoms with Crippen molar-refractivity contribution in [3.05, 3.63) is 51.5 Å². The van der Waals surface area contributed by atoms with Crippen molar-refractivity contribution < 1.29 is 0 Å². The average molecular weight is 286 g/mol. The minimum Gasteiger partial charge on any atom is -0.302 e. The zero-order chi connectivity index (χ0) is 14.0. The number of nitrogens with one attached hydrogen (secondary N) is 1. The third kappa shape index (κ3) is 2.29. The molecule has 3 heteroatoms. The lowest BCUT2D eigenvalue weighted by Gasteiger charge is -2.33. The molecule has 3 rings (SSSR count). The van der Waals surface area contributed by atoms with Crippen LogP contribution < -0.4 is 5.32 Å². The maximum absolute atomic E-state index is 4.82. The monoisotopic (exact) mass is 286 g/mol. The van der Waals surface area contributed by atoms with E-state index in [2.05, 4.69) is 48.8 Å². The molecule has 0 spiro atoms. The molecule has 0 saturated heterocycles. The van der Waals surface area contributed by atoms with E-state index in [1.807, 2.05) is 0 Å². The predicted octanol–water partition coefficient (Wildman–Crippen LogP) is 4.03. The summed E-state index contributed by atoms with van der Waals surface area (Å²) in [6.45, 7) is 5.24. The normalized spacial score (nSPS) is 22.3. The molecule has 20 heavy (non-hydrogen) atoms. The van der Waals surface area contributed by atoms with E-state index < -0.39 is 0 Å². The van der Waals surface area contributed by atoms with Crippen molar-refractivity contribution in [2.45, 2.75) is 45.1 Å². The summed E-state index contributed by atoms with van der Waals surface area (Å²) in [4.78, 5) is 4.82. The maximum Gasteiger partial charge on any atom is 0.118 e. The number of thiazole rings is 1. The van der Waals surface area contributed by atoms with Gasteiger partial charge in [0.2, 0.25) is 0 Å². The van der Waals surface area contributed by atoms with Crippen LogP contribution in [-0.2, 0) is 12.0 Å². The van der Waals surface area contributed by atoms with Gasteiger partial charge in [-0.25, -0.2) is 4.98 Å². The van der Waals surface area contributed by atoms with Crippen LogP contribution in [0.3, 0.4) is 0 Å². The molecule has 0 saturated carbocycles. The molecular weight excluding hydrogens is 264 g/mol. The van der Waals surface area contributed by atoms with Crippen molar-refractivity contribution in [3.63, 3.8) is 0 Å². The second-order valence-corrected chi connectivity index (χ2v) is 6.45. The number of aryl methyl sites for hydroxylation is 2. The average Bonchev–Trinajstić information content (AvgIpc) is 2.81. The number of hydrogen-bond donors (Lipinski definition) is 1. The molecule has 1 aliphatic rings. The summed E-state index contributed by atoms with van der Waals surface area (Å²) in [7, 11) is 0. The van der Waals surface area contributed by atoms with Crippen molar-refractivity contribution in [1.29, 1.82) is 0 Å². The topological polar surface area (TPSA) is 24.9 Å². The van der Waals surface area contributed by atoms with Crippen LogP contribution in [-0.4, -0.2) is 11.5 Å². The van der Waals surface area contributed by atoms with E-state index in [1.54, 1.807) is 11.3 Å². The smallest absolute Gasteiger partial charge is 0.118 e. The fourth-order valence-corrected chi connectivity index (χ4v) is 4.35. The largest absolute Gasteiger partial charge is 0.302 e. The summed E-state index contributed by atoms with van der Waals surface area (Å²) in [5, 5.41) is 7.17. The van der Waals surface area contributed by atoms with E-state index >= 15 is 0 Å². The van der Waals surface area contributed by atoms with Crippen LogP contribution in [0.2, 0.25) is 0 Å². The first-order valence-electron chi connectivity index (χ1n) is 7.52. The Kier molecular flexibility index (Phi) is 3.90. The van der Waals surface area contributed by atoms with Crippen LogP contribution in [0.25, 0.3) is 0 Å². The molecule has 2 nitrogen and oxygen atoms in total. The fraction of sp³-hybridized carbons (Fsp3) is 0.471. The number of fused-ring (bicyclic) bond motifs is 1. The van der Waals surface area contributed by atoms with Crippen molar-refractivity contribution in [1.82, 2.24) is 10.3 Å². The molecule has 1 atom stereocenters. The zero-order valence-corrected chi connectivity index (χ0v) is 13.1. The van der Waals surface area contributed by atoms with E-state index in [4.69, 9.17) is 4.98 Å². The van der Waals surface area contributed by atoms with Gasteiger partial charge in [0.25, 0.3) is 0 Å². The van der Waals surface area contributed by atoms with Gasteiger partial charge < -0.3 is 5.32 Å². The molecule has 1 unspecified atom stereocenters. The number of hydrogen-bond acceptors (Lipinski definition) is 3. The lowest BCUT2D eigenvalue weighted by Crippen LogP contribution is -2.43. The Morgan fingerprint density at radius 3 is 2.90 bits per heavy atom. The molecule has 1 aromatic carbocycles. The van der Waals surface area contributed by atoms with Crippen LogP contribution in [0.4, 0.5) is 0 Å². The SMILES string of the molecule is CCNC1(c2nc(C)cs2)CCCCc2ccccc21. The van der Waals surface area contributed by atoms with Gasteiger partial charge in [0.1, 0.15) is 5.01 Å². The molecule has 1 aromatic heterocycles. The number of nitrogens with zero attached hydrogens (tertiary/aromatic N) is 1. The number of rotatable bonds is 3. The summed E-state index contributed by atoms with van der Waals surface area (Å²) in [5.41, 5.74) is 3.97. The number of benzene rings is 1. The third-order valence-electron chi connectivity index (χ3n) is 4.19. The lowest BCUT2D eigenvalue weighted by atomic mass is 9.84. The van der Waals surface area contributed by atoms with Gasteiger partial charge in [0, 0.05) is 11.1 Å². The third-order valence-corrected chi connectivity index (χ3v) is 5.31. The first-order chi connectivity index (χ1) is 9.76. The molecule has 1 N–H and O–H groups in total. The molecular formula is C17H22N2S. The highest BCUT2D eigenvalue weighted by atomic mass is 32.1. The van der Waals surface area contributed by atoms with Gasteiger partial charge in [-0.05, 0) is 43.9 Å². The van der Waals surface area contributed by atoms with Crippen LogP contribution in [0.5, 0.6) is 0 Å². The summed E-state index contributed by atoms with van der Waals surface area (Å²) in [5.74, 6) is 0. The fourth-order valence-electron chi connectivity index (χ4n) is 3.33. The Balaban J connectivity index is 2.18. The van der Waals surface area contributed by atoms with Gasteiger partial charge in [-0.1, -0.05) is 37.6 Å². The molecule has 0 amide bonds. The Morgan fingerprint density at radius 2 is 2.15 bits per heavy atom. The van der Waals surface area contributed by atoms with E-state index in [0.29, 0.717) is 0 Å². The van der Waals surface area contributed by atoms with Crippen LogP contribution >= 0.6 is 11.3 Å².